The van der Waals surface area contributed by atoms with E-state index in [0.29, 0.717) is 0 Å². The fraction of sp³-hybridized carbons (Fsp3) is 0. The van der Waals surface area contributed by atoms with Gasteiger partial charge in [-0.1, -0.05) is 0 Å². The Hall–Kier alpha value is -1.41. The molecule has 4 nitrogen and oxygen atoms in total. The van der Waals surface area contributed by atoms with E-state index < -0.39 is 0 Å². The van der Waals surface area contributed by atoms with Crippen molar-refractivity contribution >= 4 is 6.08 Å². The van der Waals surface area contributed by atoms with E-state index in [9.17, 15) is 0 Å². The van der Waals surface area contributed by atoms with E-state index in [2.05, 4.69) is 9.97 Å². The molecule has 0 aliphatic carbocycles. The molecule has 0 unspecified atom stereocenters. The van der Waals surface area contributed by atoms with Crippen molar-refractivity contribution in [3.8, 4) is 0 Å². The molecule has 1 aromatic rings. The summed E-state index contributed by atoms with van der Waals surface area (Å²) < 4.78 is 0. The van der Waals surface area contributed by atoms with Gasteiger partial charge in [0, 0.05) is 12.4 Å². The van der Waals surface area contributed by atoms with Gasteiger partial charge in [-0.05, 0) is 0 Å². The zero-order valence-corrected chi connectivity index (χ0v) is 4.09. The minimum Gasteiger partial charge on any atom is -0.351 e. The van der Waals surface area contributed by atoms with Gasteiger partial charge in [0.15, 0.2) is 0 Å². The number of nitrogens with zero attached hydrogens (tertiary/aromatic N) is 1. The summed E-state index contributed by atoms with van der Waals surface area (Å²) in [5.74, 6) is 0. The number of rotatable bonds is 0. The number of hydrogen-bond acceptors (Lipinski definition) is 3. The van der Waals surface area contributed by atoms with Gasteiger partial charge in [0.25, 0.3) is 0 Å². The molecule has 8 heavy (non-hydrogen) atoms. The molecule has 1 aromatic heterocycles. The Morgan fingerprint density at radius 3 is 2.50 bits per heavy atom. The van der Waals surface area contributed by atoms with Crippen LogP contribution in [0.5, 0.6) is 0 Å². The van der Waals surface area contributed by atoms with Gasteiger partial charge in [-0.25, -0.2) is 15.2 Å². The lowest BCUT2D eigenvalue weighted by Crippen LogP contribution is -1.44. The van der Waals surface area contributed by atoms with E-state index in [1.807, 2.05) is 0 Å². The highest BCUT2D eigenvalue weighted by Gasteiger charge is 1.56. The molecule has 4 heteroatoms. The number of H-pyrrole nitrogens is 1. The molecule has 0 aliphatic rings. The van der Waals surface area contributed by atoms with Crippen LogP contribution in [0.4, 0.5) is 0 Å². The lowest BCUT2D eigenvalue weighted by Gasteiger charge is -1.46. The molecule has 2 N–H and O–H groups in total. The molecule has 42 valence electrons. The van der Waals surface area contributed by atoms with Crippen molar-refractivity contribution in [3.05, 3.63) is 18.7 Å². The molecule has 0 bridgehead atoms. The van der Waals surface area contributed by atoms with Gasteiger partial charge in [0.05, 0.1) is 6.33 Å². The maximum absolute atomic E-state index is 8.35. The van der Waals surface area contributed by atoms with Crippen LogP contribution in [0.2, 0.25) is 0 Å². The van der Waals surface area contributed by atoms with Gasteiger partial charge in [0.1, 0.15) is 0 Å². The van der Waals surface area contributed by atoms with E-state index in [-0.39, 0.29) is 0 Å². The minimum atomic E-state index is 0.750. The third kappa shape index (κ3) is 4.59. The quantitative estimate of drug-likeness (QED) is 0.373. The Labute approximate surface area is 46.1 Å². The first-order chi connectivity index (χ1) is 3.91. The molecule has 0 saturated heterocycles. The summed E-state index contributed by atoms with van der Waals surface area (Å²) in [5, 5.41) is 5.40. The van der Waals surface area contributed by atoms with E-state index in [1.165, 1.54) is 0 Å². The van der Waals surface area contributed by atoms with Gasteiger partial charge in [-0.3, -0.25) is 0 Å². The van der Waals surface area contributed by atoms with Crippen LogP contribution in [0.1, 0.15) is 0 Å². The fourth-order valence-corrected chi connectivity index (χ4v) is 0.215. The largest absolute Gasteiger partial charge is 0.351 e. The topological polar surface area (TPSA) is 69.6 Å². The first-order valence-corrected chi connectivity index (χ1v) is 1.88. The molecule has 0 aromatic carbocycles. The zero-order valence-electron chi connectivity index (χ0n) is 4.09. The summed E-state index contributed by atoms with van der Waals surface area (Å²) >= 11 is 0. The Balaban J connectivity index is 0.000000145. The predicted molar refractivity (Wildman–Crippen MR) is 27.0 cm³/mol. The van der Waals surface area contributed by atoms with Crippen LogP contribution in [0.25, 0.3) is 0 Å². The second kappa shape index (κ2) is 5.59. The van der Waals surface area contributed by atoms with Crippen molar-refractivity contribution in [2.75, 3.05) is 0 Å². The number of hydrogen-bond donors (Lipinski definition) is 2. The summed E-state index contributed by atoms with van der Waals surface area (Å²) in [7, 11) is 0. The first kappa shape index (κ1) is 6.59. The summed E-state index contributed by atoms with van der Waals surface area (Å²) in [6, 6.07) is 0. The number of nitrogens with one attached hydrogen (secondary N) is 2. The van der Waals surface area contributed by atoms with Gasteiger partial charge in [-0.2, -0.15) is 0 Å². The highest BCUT2D eigenvalue weighted by molar-refractivity contribution is 5.26. The second-order valence-corrected chi connectivity index (χ2v) is 0.863. The van der Waals surface area contributed by atoms with Crippen molar-refractivity contribution in [3.63, 3.8) is 0 Å². The molecular formula is C4H5N3O. The molecule has 1 rings (SSSR count). The number of isocyanates is 1. The number of aromatic amines is 1. The molecule has 0 fully saturated rings. The van der Waals surface area contributed by atoms with E-state index in [4.69, 9.17) is 10.2 Å². The smallest absolute Gasteiger partial charge is 0.231 e. The molecule has 0 spiro atoms. The third-order valence-corrected chi connectivity index (χ3v) is 0.406. The van der Waals surface area contributed by atoms with Gasteiger partial charge in [-0.15, -0.1) is 0 Å². The Kier molecular flexibility index (Phi) is 4.60. The molecular weight excluding hydrogens is 106 g/mol. The average Bonchev–Trinajstić information content (AvgIpc) is 2.17. The standard InChI is InChI=1S/C3H4N2.CHNO/c1-2-5-3-4-1;2-1-3/h1-3H,(H,4,5);2H. The van der Waals surface area contributed by atoms with Crippen LogP contribution >= 0.6 is 0 Å². The number of aromatic nitrogens is 2. The van der Waals surface area contributed by atoms with Crippen molar-refractivity contribution in [2.24, 2.45) is 0 Å². The lowest BCUT2D eigenvalue weighted by atomic mass is 11.0. The van der Waals surface area contributed by atoms with Crippen molar-refractivity contribution in [1.82, 2.24) is 9.97 Å². The van der Waals surface area contributed by atoms with Gasteiger partial charge >= 0.3 is 0 Å². The van der Waals surface area contributed by atoms with E-state index in [1.54, 1.807) is 18.7 Å². The van der Waals surface area contributed by atoms with E-state index >= 15 is 0 Å². The molecule has 0 saturated carbocycles. The van der Waals surface area contributed by atoms with Gasteiger partial charge in [0.2, 0.25) is 6.08 Å². The van der Waals surface area contributed by atoms with Crippen LogP contribution in [-0.4, -0.2) is 16.0 Å². The molecule has 0 amide bonds. The fourth-order valence-electron chi connectivity index (χ4n) is 0.215. The summed E-state index contributed by atoms with van der Waals surface area (Å²) in [5.41, 5.74) is 0. The molecule has 1 heterocycles. The minimum absolute atomic E-state index is 0.750. The number of carbonyl (C=O) groups excluding carboxylic acids is 1. The highest BCUT2D eigenvalue weighted by atomic mass is 16.1. The zero-order chi connectivity index (χ0) is 6.24. The van der Waals surface area contributed by atoms with Gasteiger partial charge < -0.3 is 4.98 Å². The monoisotopic (exact) mass is 111 g/mol. The molecule has 0 radical (unpaired) electrons. The summed E-state index contributed by atoms with van der Waals surface area (Å²) in [4.78, 5) is 14.8. The first-order valence-electron chi connectivity index (χ1n) is 1.88. The molecule has 0 aliphatic heterocycles. The van der Waals surface area contributed by atoms with Crippen LogP contribution in [0.3, 0.4) is 0 Å². The predicted octanol–water partition coefficient (Wildman–Crippen LogP) is 0.311. The summed E-state index contributed by atoms with van der Waals surface area (Å²) in [6.45, 7) is 0. The summed E-state index contributed by atoms with van der Waals surface area (Å²) in [6.07, 6.45) is 5.83. The maximum atomic E-state index is 8.35. The molecule has 0 atom stereocenters. The normalized spacial score (nSPS) is 6.00. The van der Waals surface area contributed by atoms with Crippen molar-refractivity contribution in [2.45, 2.75) is 0 Å². The second-order valence-electron chi connectivity index (χ2n) is 0.863. The van der Waals surface area contributed by atoms with Crippen molar-refractivity contribution < 1.29 is 4.79 Å². The SMILES string of the molecule is N=C=O.c1c[nH]cn1. The average molecular weight is 111 g/mol. The third-order valence-electron chi connectivity index (χ3n) is 0.406. The maximum Gasteiger partial charge on any atom is 0.231 e. The van der Waals surface area contributed by atoms with Crippen molar-refractivity contribution in [1.29, 1.82) is 5.41 Å². The Morgan fingerprint density at radius 2 is 2.38 bits per heavy atom. The van der Waals surface area contributed by atoms with Crippen LogP contribution in [-0.2, 0) is 4.79 Å². The Bertz CT molecular complexity index is 123. The van der Waals surface area contributed by atoms with Crippen LogP contribution < -0.4 is 0 Å². The van der Waals surface area contributed by atoms with Crippen LogP contribution in [0.15, 0.2) is 18.7 Å². The van der Waals surface area contributed by atoms with Crippen LogP contribution in [0, 0.1) is 5.41 Å². The lowest BCUT2D eigenvalue weighted by molar-refractivity contribution is 0.563. The van der Waals surface area contributed by atoms with E-state index in [0.717, 1.165) is 6.08 Å². The Morgan fingerprint density at radius 1 is 1.75 bits per heavy atom. The number of imidazole rings is 1. The highest BCUT2D eigenvalue weighted by Crippen LogP contribution is 1.62.